The molecule has 0 bridgehead atoms. The summed E-state index contributed by atoms with van der Waals surface area (Å²) in [6, 6.07) is 4.23. The van der Waals surface area contributed by atoms with Crippen molar-refractivity contribution in [3.05, 3.63) is 40.7 Å². The summed E-state index contributed by atoms with van der Waals surface area (Å²) in [4.78, 5) is 17.3. The van der Waals surface area contributed by atoms with Gasteiger partial charge in [0, 0.05) is 11.8 Å². The van der Waals surface area contributed by atoms with Gasteiger partial charge in [-0.25, -0.2) is 9.97 Å². The minimum Gasteiger partial charge on any atom is -0.493 e. The number of rotatable bonds is 6. The quantitative estimate of drug-likeness (QED) is 0.646. The van der Waals surface area contributed by atoms with Crippen LogP contribution in [0.25, 0.3) is 0 Å². The lowest BCUT2D eigenvalue weighted by atomic mass is 10.3. The Labute approximate surface area is 122 Å². The van der Waals surface area contributed by atoms with Crippen molar-refractivity contribution >= 4 is 17.3 Å². The van der Waals surface area contributed by atoms with Gasteiger partial charge in [-0.3, -0.25) is 10.1 Å². The molecule has 0 fully saturated rings. The monoisotopic (exact) mass is 312 g/mol. The van der Waals surface area contributed by atoms with Gasteiger partial charge in [0.25, 0.3) is 0 Å². The minimum atomic E-state index is -3.00. The van der Waals surface area contributed by atoms with E-state index in [0.29, 0.717) is 5.69 Å². The van der Waals surface area contributed by atoms with Crippen molar-refractivity contribution in [2.75, 3.05) is 12.4 Å². The van der Waals surface area contributed by atoms with Gasteiger partial charge < -0.3 is 14.8 Å². The molecule has 0 saturated heterocycles. The molecule has 0 spiro atoms. The molecule has 0 unspecified atom stereocenters. The van der Waals surface area contributed by atoms with Crippen molar-refractivity contribution in [2.24, 2.45) is 0 Å². The van der Waals surface area contributed by atoms with Crippen LogP contribution in [0.2, 0.25) is 0 Å². The van der Waals surface area contributed by atoms with E-state index in [9.17, 15) is 18.9 Å². The van der Waals surface area contributed by atoms with Crippen molar-refractivity contribution in [1.82, 2.24) is 9.97 Å². The third-order valence-corrected chi connectivity index (χ3v) is 2.48. The summed E-state index contributed by atoms with van der Waals surface area (Å²) >= 11 is 0. The maximum atomic E-state index is 12.3. The zero-order valence-corrected chi connectivity index (χ0v) is 11.2. The zero-order chi connectivity index (χ0) is 16.1. The molecule has 0 amide bonds. The number of nitrogens with one attached hydrogen (secondary N) is 1. The van der Waals surface area contributed by atoms with Gasteiger partial charge in [0.1, 0.15) is 12.4 Å². The molecule has 8 nitrogen and oxygen atoms in total. The first-order valence-electron chi connectivity index (χ1n) is 5.86. The Bertz CT molecular complexity index is 667. The molecule has 2 rings (SSSR count). The number of methoxy groups -OCH3 is 1. The Morgan fingerprint density at radius 1 is 1.27 bits per heavy atom. The maximum absolute atomic E-state index is 12.3. The molecule has 2 aromatic rings. The van der Waals surface area contributed by atoms with Crippen molar-refractivity contribution in [1.29, 1.82) is 0 Å². The Morgan fingerprint density at radius 3 is 2.50 bits per heavy atom. The topological polar surface area (TPSA) is 99.4 Å². The smallest absolute Gasteiger partial charge is 0.387 e. The number of alkyl halides is 2. The summed E-state index contributed by atoms with van der Waals surface area (Å²) in [5.41, 5.74) is 0.0901. The fourth-order valence-corrected chi connectivity index (χ4v) is 1.55. The lowest BCUT2D eigenvalue weighted by Crippen LogP contribution is -2.04. The van der Waals surface area contributed by atoms with Crippen molar-refractivity contribution in [3.8, 4) is 11.5 Å². The van der Waals surface area contributed by atoms with E-state index in [2.05, 4.69) is 20.0 Å². The molecule has 0 radical (unpaired) electrons. The van der Waals surface area contributed by atoms with Gasteiger partial charge in [-0.05, 0) is 12.1 Å². The number of hydrogen-bond donors (Lipinski definition) is 1. The molecule has 0 aliphatic carbocycles. The lowest BCUT2D eigenvalue weighted by Gasteiger charge is -2.12. The number of halogens is 2. The Kier molecular flexibility index (Phi) is 4.61. The predicted octanol–water partition coefficient (Wildman–Crippen LogP) is 2.74. The third-order valence-electron chi connectivity index (χ3n) is 2.48. The fourth-order valence-electron chi connectivity index (χ4n) is 1.55. The summed E-state index contributed by atoms with van der Waals surface area (Å²) in [6.45, 7) is -3.00. The number of benzene rings is 1. The number of hydrogen-bond acceptors (Lipinski definition) is 7. The first-order chi connectivity index (χ1) is 10.5. The number of aromatic nitrogens is 2. The van der Waals surface area contributed by atoms with E-state index < -0.39 is 11.5 Å². The van der Waals surface area contributed by atoms with Crippen LogP contribution < -0.4 is 14.8 Å². The van der Waals surface area contributed by atoms with Crippen LogP contribution in [0.4, 0.5) is 26.1 Å². The van der Waals surface area contributed by atoms with Crippen LogP contribution in [0.15, 0.2) is 30.6 Å². The van der Waals surface area contributed by atoms with Gasteiger partial charge in [0.15, 0.2) is 11.5 Å². The van der Waals surface area contributed by atoms with Crippen LogP contribution in [0.1, 0.15) is 0 Å². The summed E-state index contributed by atoms with van der Waals surface area (Å²) in [6.07, 6.45) is 2.05. The van der Waals surface area contributed by atoms with E-state index in [0.717, 1.165) is 12.4 Å². The van der Waals surface area contributed by atoms with E-state index in [1.165, 1.54) is 25.3 Å². The molecule has 0 atom stereocenters. The largest absolute Gasteiger partial charge is 0.493 e. The highest BCUT2D eigenvalue weighted by atomic mass is 19.3. The number of nitro groups is 1. The van der Waals surface area contributed by atoms with Crippen LogP contribution >= 0.6 is 0 Å². The first-order valence-corrected chi connectivity index (χ1v) is 5.86. The van der Waals surface area contributed by atoms with E-state index in [4.69, 9.17) is 4.74 Å². The zero-order valence-electron chi connectivity index (χ0n) is 11.2. The molecule has 0 aliphatic heterocycles. The van der Waals surface area contributed by atoms with Gasteiger partial charge >= 0.3 is 12.3 Å². The Balaban J connectivity index is 2.20. The molecular weight excluding hydrogens is 302 g/mol. The van der Waals surface area contributed by atoms with E-state index in [-0.39, 0.29) is 23.1 Å². The van der Waals surface area contributed by atoms with Crippen LogP contribution in [0.3, 0.4) is 0 Å². The normalized spacial score (nSPS) is 10.4. The van der Waals surface area contributed by atoms with Gasteiger partial charge in [-0.15, -0.1) is 0 Å². The summed E-state index contributed by atoms with van der Waals surface area (Å²) < 4.78 is 33.9. The lowest BCUT2D eigenvalue weighted by molar-refractivity contribution is -0.385. The van der Waals surface area contributed by atoms with Crippen molar-refractivity contribution in [3.63, 3.8) is 0 Å². The van der Waals surface area contributed by atoms with E-state index >= 15 is 0 Å². The molecule has 1 aromatic carbocycles. The predicted molar refractivity (Wildman–Crippen MR) is 71.6 cm³/mol. The van der Waals surface area contributed by atoms with Gasteiger partial charge in [0.05, 0.1) is 12.0 Å². The minimum absolute atomic E-state index is 0.0683. The SMILES string of the molecule is COc1ccc(Nc2ncc([N+](=O)[O-])cn2)cc1OC(F)F. The molecule has 116 valence electrons. The molecule has 0 saturated carbocycles. The maximum Gasteiger partial charge on any atom is 0.387 e. The third kappa shape index (κ3) is 3.75. The van der Waals surface area contributed by atoms with Crippen LogP contribution in [0.5, 0.6) is 11.5 Å². The average molecular weight is 312 g/mol. The van der Waals surface area contributed by atoms with Crippen LogP contribution in [0, 0.1) is 10.1 Å². The molecule has 22 heavy (non-hydrogen) atoms. The highest BCUT2D eigenvalue weighted by Gasteiger charge is 2.12. The summed E-state index contributed by atoms with van der Waals surface area (Å²) in [5.74, 6) is 0.0404. The average Bonchev–Trinajstić information content (AvgIpc) is 2.47. The van der Waals surface area contributed by atoms with E-state index in [1.54, 1.807) is 0 Å². The Morgan fingerprint density at radius 2 is 1.95 bits per heavy atom. The van der Waals surface area contributed by atoms with Gasteiger partial charge in [0.2, 0.25) is 5.95 Å². The summed E-state index contributed by atoms with van der Waals surface area (Å²) in [7, 11) is 1.32. The standard InChI is InChI=1S/C12H10F2N4O4/c1-21-9-3-2-7(4-10(9)22-11(13)14)17-12-15-5-8(6-16-12)18(19)20/h2-6,11H,1H3,(H,15,16,17). The van der Waals surface area contributed by atoms with Crippen LogP contribution in [-0.2, 0) is 0 Å². The molecule has 1 heterocycles. The second kappa shape index (κ2) is 6.61. The molecule has 1 N–H and O–H groups in total. The number of anilines is 2. The van der Waals surface area contributed by atoms with Crippen molar-refractivity contribution < 1.29 is 23.2 Å². The number of ether oxygens (including phenoxy) is 2. The number of nitrogens with zero attached hydrogens (tertiary/aromatic N) is 3. The highest BCUT2D eigenvalue weighted by molar-refractivity contribution is 5.59. The van der Waals surface area contributed by atoms with E-state index in [1.807, 2.05) is 0 Å². The first kappa shape index (κ1) is 15.4. The molecule has 0 aliphatic rings. The second-order valence-electron chi connectivity index (χ2n) is 3.89. The van der Waals surface area contributed by atoms with Crippen molar-refractivity contribution in [2.45, 2.75) is 6.61 Å². The summed E-state index contributed by atoms with van der Waals surface area (Å²) in [5, 5.41) is 13.2. The van der Waals surface area contributed by atoms with Crippen LogP contribution in [-0.4, -0.2) is 28.6 Å². The highest BCUT2D eigenvalue weighted by Crippen LogP contribution is 2.32. The fraction of sp³-hybridized carbons (Fsp3) is 0.167. The molecule has 10 heteroatoms. The van der Waals surface area contributed by atoms with Gasteiger partial charge in [-0.1, -0.05) is 0 Å². The molecular formula is C12H10F2N4O4. The second-order valence-corrected chi connectivity index (χ2v) is 3.89. The molecule has 1 aromatic heterocycles. The Hall–Kier alpha value is -3.04. The van der Waals surface area contributed by atoms with Gasteiger partial charge in [-0.2, -0.15) is 8.78 Å².